The Morgan fingerprint density at radius 3 is 2.46 bits per heavy atom. The molecule has 0 aliphatic heterocycles. The van der Waals surface area contributed by atoms with Crippen LogP contribution in [0.25, 0.3) is 0 Å². The Hall–Kier alpha value is -0.810. The fraction of sp³-hybridized carbons (Fsp3) is 0.875. The van der Waals surface area contributed by atoms with Gasteiger partial charge in [0.05, 0.1) is 0 Å². The molecular formula is C8H17NO4. The van der Waals surface area contributed by atoms with E-state index in [-0.39, 0.29) is 13.0 Å². The minimum Gasteiger partial charge on any atom is -0.420 e. The molecule has 0 aliphatic rings. The van der Waals surface area contributed by atoms with Crippen LogP contribution in [-0.2, 0) is 4.74 Å². The van der Waals surface area contributed by atoms with Crippen molar-refractivity contribution < 1.29 is 19.7 Å². The van der Waals surface area contributed by atoms with Gasteiger partial charge in [0.2, 0.25) is 6.29 Å². The van der Waals surface area contributed by atoms with Gasteiger partial charge in [-0.05, 0) is 20.8 Å². The summed E-state index contributed by atoms with van der Waals surface area (Å²) in [4.78, 5) is 11.0. The number of hydrogen-bond acceptors (Lipinski definition) is 4. The lowest BCUT2D eigenvalue weighted by Gasteiger charge is -2.21. The number of carbonyl (C=O) groups excluding carboxylic acids is 1. The Kier molecular flexibility index (Phi) is 4.72. The van der Waals surface area contributed by atoms with Crippen molar-refractivity contribution in [3.8, 4) is 0 Å². The monoisotopic (exact) mass is 191 g/mol. The van der Waals surface area contributed by atoms with Crippen molar-refractivity contribution in [2.45, 2.75) is 39.0 Å². The van der Waals surface area contributed by atoms with Gasteiger partial charge in [-0.25, -0.2) is 4.79 Å². The zero-order valence-electron chi connectivity index (χ0n) is 8.20. The molecule has 1 unspecified atom stereocenters. The summed E-state index contributed by atoms with van der Waals surface area (Å²) < 4.78 is 4.51. The van der Waals surface area contributed by atoms with Gasteiger partial charge in [-0.15, -0.1) is 0 Å². The minimum atomic E-state index is -1.24. The maximum absolute atomic E-state index is 11.0. The molecule has 0 aromatic rings. The molecule has 0 saturated carbocycles. The second-order valence-electron chi connectivity index (χ2n) is 3.75. The van der Waals surface area contributed by atoms with E-state index >= 15 is 0 Å². The van der Waals surface area contributed by atoms with Gasteiger partial charge in [-0.2, -0.15) is 0 Å². The molecule has 0 heterocycles. The van der Waals surface area contributed by atoms with Crippen molar-refractivity contribution in [3.63, 3.8) is 0 Å². The quantitative estimate of drug-likeness (QED) is 0.557. The van der Waals surface area contributed by atoms with Crippen molar-refractivity contribution in [1.82, 2.24) is 5.32 Å². The number of carbonyl (C=O) groups is 1. The van der Waals surface area contributed by atoms with E-state index in [9.17, 15) is 4.79 Å². The van der Waals surface area contributed by atoms with Crippen LogP contribution in [0.2, 0.25) is 0 Å². The number of alkyl carbamates (subject to hydrolysis) is 1. The highest BCUT2D eigenvalue weighted by Crippen LogP contribution is 2.01. The van der Waals surface area contributed by atoms with Gasteiger partial charge in [-0.3, -0.25) is 0 Å². The first-order chi connectivity index (χ1) is 5.85. The lowest BCUT2D eigenvalue weighted by atomic mass is 10.1. The summed E-state index contributed by atoms with van der Waals surface area (Å²) in [6.07, 6.45) is -1.90. The lowest BCUT2D eigenvalue weighted by molar-refractivity contribution is -0.0651. The van der Waals surface area contributed by atoms with Crippen molar-refractivity contribution in [1.29, 1.82) is 0 Å². The predicted molar refractivity (Wildman–Crippen MR) is 47.1 cm³/mol. The number of amides is 1. The smallest absolute Gasteiger partial charge is 0.409 e. The number of rotatable bonds is 3. The highest BCUT2D eigenvalue weighted by molar-refractivity contribution is 5.68. The first-order valence-electron chi connectivity index (χ1n) is 4.13. The van der Waals surface area contributed by atoms with Crippen LogP contribution in [-0.4, -0.2) is 34.7 Å². The third kappa shape index (κ3) is 7.55. The summed E-state index contributed by atoms with van der Waals surface area (Å²) in [6.45, 7) is 5.18. The van der Waals surface area contributed by atoms with Gasteiger partial charge in [-0.1, -0.05) is 0 Å². The average Bonchev–Trinajstić information content (AvgIpc) is 1.81. The Balaban J connectivity index is 3.74. The largest absolute Gasteiger partial charge is 0.420 e. The third-order valence-electron chi connectivity index (χ3n) is 1.10. The van der Waals surface area contributed by atoms with Gasteiger partial charge >= 0.3 is 6.09 Å². The van der Waals surface area contributed by atoms with E-state index in [1.54, 1.807) is 20.8 Å². The first kappa shape index (κ1) is 12.2. The van der Waals surface area contributed by atoms with E-state index in [0.29, 0.717) is 0 Å². The first-order valence-corrected chi connectivity index (χ1v) is 4.13. The third-order valence-corrected chi connectivity index (χ3v) is 1.10. The maximum atomic E-state index is 11.0. The SMILES string of the molecule is CC(C)(C)NC(=O)OC(O)CCO. The van der Waals surface area contributed by atoms with Gasteiger partial charge < -0.3 is 20.3 Å². The summed E-state index contributed by atoms with van der Waals surface area (Å²) in [6, 6.07) is 0. The molecule has 5 heteroatoms. The highest BCUT2D eigenvalue weighted by Gasteiger charge is 2.17. The predicted octanol–water partition coefficient (Wildman–Crippen LogP) is 0.212. The summed E-state index contributed by atoms with van der Waals surface area (Å²) >= 11 is 0. The van der Waals surface area contributed by atoms with E-state index in [1.165, 1.54) is 0 Å². The van der Waals surface area contributed by atoms with Crippen LogP contribution in [0, 0.1) is 0 Å². The van der Waals surface area contributed by atoms with Crippen LogP contribution >= 0.6 is 0 Å². The molecule has 0 rings (SSSR count). The van der Waals surface area contributed by atoms with Gasteiger partial charge in [0.15, 0.2) is 0 Å². The van der Waals surface area contributed by atoms with E-state index in [0.717, 1.165) is 0 Å². The van der Waals surface area contributed by atoms with E-state index < -0.39 is 17.9 Å². The molecule has 3 N–H and O–H groups in total. The minimum absolute atomic E-state index is 0.0254. The lowest BCUT2D eigenvalue weighted by Crippen LogP contribution is -2.42. The standard InChI is InChI=1S/C8H17NO4/c1-8(2,3)9-7(12)13-6(11)4-5-10/h6,10-11H,4-5H2,1-3H3,(H,9,12). The van der Waals surface area contributed by atoms with Gasteiger partial charge in [0.25, 0.3) is 0 Å². The van der Waals surface area contributed by atoms with Crippen LogP contribution in [0.5, 0.6) is 0 Å². The maximum Gasteiger partial charge on any atom is 0.409 e. The van der Waals surface area contributed by atoms with Gasteiger partial charge in [0.1, 0.15) is 0 Å². The molecule has 0 aromatic heterocycles. The van der Waals surface area contributed by atoms with Crippen LogP contribution in [0.3, 0.4) is 0 Å². The van der Waals surface area contributed by atoms with E-state index in [4.69, 9.17) is 10.2 Å². The van der Waals surface area contributed by atoms with Crippen molar-refractivity contribution >= 4 is 6.09 Å². The topological polar surface area (TPSA) is 78.8 Å². The molecule has 13 heavy (non-hydrogen) atoms. The zero-order chi connectivity index (χ0) is 10.5. The van der Waals surface area contributed by atoms with E-state index in [2.05, 4.69) is 10.1 Å². The zero-order valence-corrected chi connectivity index (χ0v) is 8.20. The number of nitrogens with one attached hydrogen (secondary N) is 1. The van der Waals surface area contributed by atoms with Crippen LogP contribution in [0.4, 0.5) is 4.79 Å². The molecule has 1 amide bonds. The number of aliphatic hydroxyl groups excluding tert-OH is 2. The Morgan fingerprint density at radius 1 is 1.54 bits per heavy atom. The Morgan fingerprint density at radius 2 is 2.08 bits per heavy atom. The Labute approximate surface area is 77.7 Å². The molecule has 0 spiro atoms. The summed E-state index contributed by atoms with van der Waals surface area (Å²) in [5, 5.41) is 19.9. The normalized spacial score (nSPS) is 13.6. The summed E-state index contributed by atoms with van der Waals surface area (Å²) in [7, 11) is 0. The fourth-order valence-corrected chi connectivity index (χ4v) is 0.629. The average molecular weight is 191 g/mol. The van der Waals surface area contributed by atoms with Crippen molar-refractivity contribution in [3.05, 3.63) is 0 Å². The van der Waals surface area contributed by atoms with E-state index in [1.807, 2.05) is 0 Å². The molecule has 0 radical (unpaired) electrons. The molecule has 0 saturated heterocycles. The molecule has 1 atom stereocenters. The molecule has 0 fully saturated rings. The number of aliphatic hydroxyl groups is 2. The number of ether oxygens (including phenoxy) is 1. The van der Waals surface area contributed by atoms with Crippen LogP contribution in [0.15, 0.2) is 0 Å². The van der Waals surface area contributed by atoms with Crippen LogP contribution in [0.1, 0.15) is 27.2 Å². The molecule has 0 aliphatic carbocycles. The van der Waals surface area contributed by atoms with Gasteiger partial charge in [0, 0.05) is 18.6 Å². The highest BCUT2D eigenvalue weighted by atomic mass is 16.6. The van der Waals surface area contributed by atoms with Crippen LogP contribution < -0.4 is 5.32 Å². The van der Waals surface area contributed by atoms with Crippen molar-refractivity contribution in [2.24, 2.45) is 0 Å². The molecule has 0 bridgehead atoms. The van der Waals surface area contributed by atoms with Crippen molar-refractivity contribution in [2.75, 3.05) is 6.61 Å². The fourth-order valence-electron chi connectivity index (χ4n) is 0.629. The summed E-state index contributed by atoms with van der Waals surface area (Å²) in [5.74, 6) is 0. The number of hydrogen-bond donors (Lipinski definition) is 3. The molecule has 78 valence electrons. The second kappa shape index (κ2) is 5.04. The molecule has 5 nitrogen and oxygen atoms in total. The molecular weight excluding hydrogens is 174 g/mol. The second-order valence-corrected chi connectivity index (χ2v) is 3.75. The molecule has 0 aromatic carbocycles. The summed E-state index contributed by atoms with van der Waals surface area (Å²) in [5.41, 5.74) is -0.393. The Bertz CT molecular complexity index is 164.